The van der Waals surface area contributed by atoms with Gasteiger partial charge in [-0.25, -0.2) is 0 Å². The van der Waals surface area contributed by atoms with Crippen LogP contribution in [0.5, 0.6) is 0 Å². The van der Waals surface area contributed by atoms with E-state index in [1.165, 1.54) is 21.8 Å². The minimum atomic E-state index is -3.94. The molecule has 178 valence electrons. The van der Waals surface area contributed by atoms with Crippen molar-refractivity contribution in [3.8, 4) is 0 Å². The van der Waals surface area contributed by atoms with Crippen LogP contribution in [-0.2, 0) is 23.2 Å². The van der Waals surface area contributed by atoms with Gasteiger partial charge < -0.3 is 4.57 Å². The third-order valence-corrected chi connectivity index (χ3v) is 7.37. The van der Waals surface area contributed by atoms with E-state index in [1.807, 2.05) is 12.1 Å². The largest absolute Gasteiger partial charge is 0.341 e. The van der Waals surface area contributed by atoms with Crippen molar-refractivity contribution in [3.05, 3.63) is 90.1 Å². The zero-order chi connectivity index (χ0) is 24.4. The molecule has 0 unspecified atom stereocenters. The van der Waals surface area contributed by atoms with Crippen LogP contribution in [0.3, 0.4) is 0 Å². The maximum Gasteiger partial charge on any atom is 0.264 e. The first-order valence-corrected chi connectivity index (χ1v) is 13.6. The summed E-state index contributed by atoms with van der Waals surface area (Å²) in [6.07, 6.45) is 5.32. The van der Waals surface area contributed by atoms with Gasteiger partial charge in [0.2, 0.25) is 11.2 Å². The lowest BCUT2D eigenvalue weighted by atomic mass is 10.1. The maximum atomic E-state index is 11.1. The van der Waals surface area contributed by atoms with Crippen LogP contribution in [0.15, 0.2) is 78.9 Å². The zero-order valence-corrected chi connectivity index (χ0v) is 20.6. The fraction of sp³-hybridized carbons (Fsp3) is 0.207. The highest BCUT2D eigenvalue weighted by molar-refractivity contribution is 7.85. The molecule has 0 spiro atoms. The lowest BCUT2D eigenvalue weighted by Gasteiger charge is -2.06. The second-order valence-corrected chi connectivity index (χ2v) is 10.4. The molecule has 2 aromatic heterocycles. The fourth-order valence-corrected chi connectivity index (χ4v) is 5.49. The van der Waals surface area contributed by atoms with E-state index >= 15 is 0 Å². The Hall–Kier alpha value is -3.48. The minimum absolute atomic E-state index is 0.213. The summed E-state index contributed by atoms with van der Waals surface area (Å²) in [7, 11) is -3.94. The first-order valence-electron chi connectivity index (χ1n) is 12.0. The molecule has 1 N–H and O–H groups in total. The average molecular weight is 486 g/mol. The molecule has 0 fully saturated rings. The molecule has 0 saturated heterocycles. The van der Waals surface area contributed by atoms with E-state index in [4.69, 9.17) is 4.55 Å². The van der Waals surface area contributed by atoms with Gasteiger partial charge in [-0.3, -0.25) is 4.55 Å². The van der Waals surface area contributed by atoms with Gasteiger partial charge in [0.15, 0.2) is 0 Å². The molecule has 0 saturated carbocycles. The van der Waals surface area contributed by atoms with Crippen molar-refractivity contribution in [2.45, 2.75) is 32.9 Å². The molecule has 0 bridgehead atoms. The molecular formula is C29H29N2O3S+. The van der Waals surface area contributed by atoms with E-state index in [9.17, 15) is 8.42 Å². The Labute approximate surface area is 205 Å². The second kappa shape index (κ2) is 9.64. The molecule has 0 atom stereocenters. The third-order valence-electron chi connectivity index (χ3n) is 6.57. The molecular weight excluding hydrogens is 456 g/mol. The smallest absolute Gasteiger partial charge is 0.264 e. The van der Waals surface area contributed by atoms with Gasteiger partial charge in [-0.1, -0.05) is 36.4 Å². The molecule has 5 rings (SSSR count). The summed E-state index contributed by atoms with van der Waals surface area (Å²) >= 11 is 0. The van der Waals surface area contributed by atoms with Crippen molar-refractivity contribution in [1.29, 1.82) is 0 Å². The van der Waals surface area contributed by atoms with Gasteiger partial charge in [0.05, 0.1) is 5.75 Å². The summed E-state index contributed by atoms with van der Waals surface area (Å²) in [6, 6.07) is 27.5. The third kappa shape index (κ3) is 4.85. The number of rotatable bonds is 8. The maximum absolute atomic E-state index is 11.1. The van der Waals surface area contributed by atoms with Crippen molar-refractivity contribution in [3.63, 3.8) is 0 Å². The SMILES string of the molecule is CCn1c2ccccc2c2cc(C=Cc3ccc4ccccc4[n+]3CCCCS(=O)(=O)O)ccc21. The van der Waals surface area contributed by atoms with Crippen LogP contribution >= 0.6 is 0 Å². The first kappa shape index (κ1) is 23.3. The Morgan fingerprint density at radius 3 is 2.46 bits per heavy atom. The molecule has 3 aromatic carbocycles. The van der Waals surface area contributed by atoms with Crippen LogP contribution in [0.1, 0.15) is 31.0 Å². The van der Waals surface area contributed by atoms with Gasteiger partial charge in [-0.05, 0) is 55.3 Å². The van der Waals surface area contributed by atoms with Crippen LogP contribution in [-0.4, -0.2) is 23.3 Å². The molecule has 5 nitrogen and oxygen atoms in total. The number of benzene rings is 3. The first-order chi connectivity index (χ1) is 16.9. The van der Waals surface area contributed by atoms with E-state index in [1.54, 1.807) is 0 Å². The van der Waals surface area contributed by atoms with Crippen molar-refractivity contribution in [2.24, 2.45) is 0 Å². The van der Waals surface area contributed by atoms with Crippen molar-refractivity contribution >= 4 is 55.0 Å². The molecule has 35 heavy (non-hydrogen) atoms. The quantitative estimate of drug-likeness (QED) is 0.164. The predicted molar refractivity (Wildman–Crippen MR) is 144 cm³/mol. The summed E-state index contributed by atoms with van der Waals surface area (Å²) in [5, 5.41) is 3.65. The highest BCUT2D eigenvalue weighted by Gasteiger charge is 2.15. The summed E-state index contributed by atoms with van der Waals surface area (Å²) in [5.41, 5.74) is 5.77. The van der Waals surface area contributed by atoms with E-state index in [0.29, 0.717) is 19.4 Å². The number of unbranched alkanes of at least 4 members (excludes halogenated alkanes) is 1. The number of pyridine rings is 1. The average Bonchev–Trinajstić information content (AvgIpc) is 3.18. The monoisotopic (exact) mass is 485 g/mol. The molecule has 0 aliphatic heterocycles. The fourth-order valence-electron chi connectivity index (χ4n) is 4.93. The number of para-hydroxylation sites is 2. The van der Waals surface area contributed by atoms with Gasteiger partial charge in [0, 0.05) is 58.4 Å². The topological polar surface area (TPSA) is 63.2 Å². The molecule has 2 heterocycles. The van der Waals surface area contributed by atoms with E-state index < -0.39 is 10.1 Å². The Kier molecular flexibility index (Phi) is 6.41. The van der Waals surface area contributed by atoms with Crippen LogP contribution in [0.2, 0.25) is 0 Å². The molecule has 0 amide bonds. The lowest BCUT2D eigenvalue weighted by Crippen LogP contribution is -2.38. The van der Waals surface area contributed by atoms with E-state index in [0.717, 1.165) is 28.7 Å². The Morgan fingerprint density at radius 1 is 0.857 bits per heavy atom. The van der Waals surface area contributed by atoms with Crippen molar-refractivity contribution < 1.29 is 17.5 Å². The van der Waals surface area contributed by atoms with Gasteiger partial charge in [0.25, 0.3) is 10.1 Å². The van der Waals surface area contributed by atoms with Crippen LogP contribution in [0.25, 0.3) is 44.9 Å². The summed E-state index contributed by atoms with van der Waals surface area (Å²) in [5.74, 6) is -0.213. The highest BCUT2D eigenvalue weighted by Crippen LogP contribution is 2.30. The highest BCUT2D eigenvalue weighted by atomic mass is 32.2. The predicted octanol–water partition coefficient (Wildman–Crippen LogP) is 6.09. The molecule has 0 radical (unpaired) electrons. The van der Waals surface area contributed by atoms with Crippen molar-refractivity contribution in [1.82, 2.24) is 4.57 Å². The summed E-state index contributed by atoms with van der Waals surface area (Å²) < 4.78 is 35.9. The number of nitrogens with zero attached hydrogens (tertiary/aromatic N) is 2. The normalized spacial score (nSPS) is 12.4. The Morgan fingerprint density at radius 2 is 1.63 bits per heavy atom. The lowest BCUT2D eigenvalue weighted by molar-refractivity contribution is -0.673. The molecule has 0 aliphatic rings. The minimum Gasteiger partial charge on any atom is -0.341 e. The Balaban J connectivity index is 1.50. The van der Waals surface area contributed by atoms with Gasteiger partial charge >= 0.3 is 0 Å². The van der Waals surface area contributed by atoms with Crippen molar-refractivity contribution in [2.75, 3.05) is 5.75 Å². The molecule has 5 aromatic rings. The zero-order valence-electron chi connectivity index (χ0n) is 19.8. The molecule has 0 aliphatic carbocycles. The van der Waals surface area contributed by atoms with E-state index in [2.05, 4.69) is 94.9 Å². The van der Waals surface area contributed by atoms with Crippen LogP contribution < -0.4 is 4.57 Å². The summed E-state index contributed by atoms with van der Waals surface area (Å²) in [4.78, 5) is 0. The number of hydrogen-bond acceptors (Lipinski definition) is 2. The number of hydrogen-bond donors (Lipinski definition) is 1. The molecule has 6 heteroatoms. The number of aromatic nitrogens is 2. The van der Waals surface area contributed by atoms with Gasteiger partial charge in [-0.2, -0.15) is 13.0 Å². The summed E-state index contributed by atoms with van der Waals surface area (Å²) in [6.45, 7) is 3.77. The number of fused-ring (bicyclic) bond motifs is 4. The number of aryl methyl sites for hydroxylation is 2. The van der Waals surface area contributed by atoms with E-state index in [-0.39, 0.29) is 5.75 Å². The van der Waals surface area contributed by atoms with Gasteiger partial charge in [-0.15, -0.1) is 0 Å². The van der Waals surface area contributed by atoms with Crippen LogP contribution in [0, 0.1) is 0 Å². The van der Waals surface area contributed by atoms with Crippen LogP contribution in [0.4, 0.5) is 0 Å². The van der Waals surface area contributed by atoms with Gasteiger partial charge in [0.1, 0.15) is 6.54 Å². The standard InChI is InChI=1S/C29H28N2O3S/c1-2-30-28-12-6-4-10-25(28)26-21-22(14-18-29(26)30)13-16-24-17-15-23-9-3-5-11-27(23)31(24)19-7-8-20-35(32,33)34/h3-6,9-18,21H,2,7-8,19-20H2,1H3/p+1. The second-order valence-electron chi connectivity index (χ2n) is 8.83. The Bertz CT molecular complexity index is 1670.